The molecule has 12 aromatic rings. The van der Waals surface area contributed by atoms with Crippen LogP contribution in [0.5, 0.6) is 0 Å². The van der Waals surface area contributed by atoms with Crippen LogP contribution in [0.3, 0.4) is 0 Å². The molecule has 8 aromatic heterocycles. The van der Waals surface area contributed by atoms with Crippen molar-refractivity contribution in [3.8, 4) is 0 Å². The molecule has 1 aliphatic heterocycles. The Morgan fingerprint density at radius 3 is 1.31 bits per heavy atom. The molecular formula is C80H96N12O9S4. The van der Waals surface area contributed by atoms with Gasteiger partial charge >= 0.3 is 18.3 Å². The Kier molecular flexibility index (Phi) is 24.7. The highest BCUT2D eigenvalue weighted by atomic mass is 32.1. The van der Waals surface area contributed by atoms with E-state index in [4.69, 9.17) is 19.9 Å². The molecule has 13 rings (SSSR count). The van der Waals surface area contributed by atoms with Crippen LogP contribution >= 0.6 is 45.3 Å². The molecule has 0 saturated carbocycles. The first-order valence-electron chi connectivity index (χ1n) is 34.8. The lowest BCUT2D eigenvalue weighted by Crippen LogP contribution is -2.44. The average molecular weight is 1500 g/mol. The average Bonchev–Trinajstić information content (AvgIpc) is 1.64. The minimum absolute atomic E-state index is 0.0110. The van der Waals surface area contributed by atoms with Gasteiger partial charge < -0.3 is 57.2 Å². The van der Waals surface area contributed by atoms with Crippen molar-refractivity contribution in [2.75, 3.05) is 34.8 Å². The maximum absolute atomic E-state index is 12.7. The van der Waals surface area contributed by atoms with Gasteiger partial charge in [0.15, 0.2) is 5.78 Å². The minimum atomic E-state index is -0.737. The molecule has 21 nitrogen and oxygen atoms in total. The quantitative estimate of drug-likeness (QED) is 0.0623. The highest BCUT2D eigenvalue weighted by Gasteiger charge is 2.27. The van der Waals surface area contributed by atoms with Crippen molar-refractivity contribution in [3.05, 3.63) is 139 Å². The molecule has 0 unspecified atom stereocenters. The number of fused-ring (bicyclic) bond motifs is 14. The first kappa shape index (κ1) is 79.3. The van der Waals surface area contributed by atoms with E-state index >= 15 is 0 Å². The number of aromatic nitrogens is 4. The van der Waals surface area contributed by atoms with Crippen LogP contribution in [0.25, 0.3) is 84.0 Å². The third kappa shape index (κ3) is 20.2. The molecule has 0 saturated heterocycles. The monoisotopic (exact) mass is 1500 g/mol. The third-order valence-electron chi connectivity index (χ3n) is 16.5. The summed E-state index contributed by atoms with van der Waals surface area (Å²) in [5, 5.41) is 29.7. The van der Waals surface area contributed by atoms with Crippen LogP contribution in [0.15, 0.2) is 97.1 Å². The summed E-state index contributed by atoms with van der Waals surface area (Å²) in [4.78, 5) is 93.3. The van der Waals surface area contributed by atoms with Gasteiger partial charge in [0.2, 0.25) is 5.91 Å². The Morgan fingerprint density at radius 2 is 0.876 bits per heavy atom. The Hall–Kier alpha value is -9.82. The second kappa shape index (κ2) is 32.7. The lowest BCUT2D eigenvalue weighted by molar-refractivity contribution is -0.119. The van der Waals surface area contributed by atoms with Gasteiger partial charge in [-0.3, -0.25) is 34.3 Å². The van der Waals surface area contributed by atoms with Gasteiger partial charge in [0, 0.05) is 124 Å². The summed E-state index contributed by atoms with van der Waals surface area (Å²) in [5.74, 6) is -0.381. The molecule has 0 radical (unpaired) electrons. The van der Waals surface area contributed by atoms with E-state index in [1.807, 2.05) is 118 Å². The van der Waals surface area contributed by atoms with Gasteiger partial charge in [0.05, 0.1) is 50.9 Å². The van der Waals surface area contributed by atoms with Crippen molar-refractivity contribution in [1.29, 1.82) is 0 Å². The molecule has 0 fully saturated rings. The number of hydrogen-bond donors (Lipinski definition) is 8. The van der Waals surface area contributed by atoms with Gasteiger partial charge in [-0.25, -0.2) is 14.4 Å². The van der Waals surface area contributed by atoms with E-state index in [0.717, 1.165) is 131 Å². The normalized spacial score (nSPS) is 13.8. The second-order valence-electron chi connectivity index (χ2n) is 29.3. The number of nitrogens with two attached hydrogens (primary N) is 1. The third-order valence-corrected chi connectivity index (χ3v) is 20.8. The molecule has 105 heavy (non-hydrogen) atoms. The van der Waals surface area contributed by atoms with E-state index in [0.29, 0.717) is 6.54 Å². The van der Waals surface area contributed by atoms with Crippen molar-refractivity contribution in [2.24, 2.45) is 0 Å². The summed E-state index contributed by atoms with van der Waals surface area (Å²) in [6.07, 6.45) is -1.57. The maximum Gasteiger partial charge on any atom is 0.408 e. The fourth-order valence-corrected chi connectivity index (χ4v) is 15.6. The Labute approximate surface area is 628 Å². The van der Waals surface area contributed by atoms with Crippen molar-refractivity contribution < 1.29 is 43.0 Å². The molecule has 0 spiro atoms. The maximum atomic E-state index is 12.7. The molecule has 9 N–H and O–H groups in total. The highest BCUT2D eigenvalue weighted by Crippen LogP contribution is 2.44. The van der Waals surface area contributed by atoms with E-state index in [-0.39, 0.29) is 29.7 Å². The van der Waals surface area contributed by atoms with Gasteiger partial charge in [0.1, 0.15) is 27.7 Å². The molecule has 4 aromatic carbocycles. The van der Waals surface area contributed by atoms with Crippen LogP contribution in [0.4, 0.5) is 37.1 Å². The largest absolute Gasteiger partial charge is 0.444 e. The van der Waals surface area contributed by atoms with Gasteiger partial charge in [-0.2, -0.15) is 0 Å². The number of thiophene rings is 4. The van der Waals surface area contributed by atoms with Crippen LogP contribution < -0.4 is 43.0 Å². The van der Waals surface area contributed by atoms with Gasteiger partial charge in [-0.15, -0.1) is 45.3 Å². The highest BCUT2D eigenvalue weighted by molar-refractivity contribution is 7.22. The van der Waals surface area contributed by atoms with E-state index in [1.54, 1.807) is 89.4 Å². The number of pyridine rings is 4. The number of carbonyl (C=O) groups excluding carboxylic acids is 6. The van der Waals surface area contributed by atoms with Crippen molar-refractivity contribution in [1.82, 2.24) is 41.2 Å². The summed E-state index contributed by atoms with van der Waals surface area (Å²) in [6, 6.07) is 31.8. The van der Waals surface area contributed by atoms with Crippen LogP contribution in [-0.4, -0.2) is 110 Å². The number of ketones is 1. The Balaban J connectivity index is 0.000000156. The minimum Gasteiger partial charge on any atom is -0.444 e. The van der Waals surface area contributed by atoms with Crippen molar-refractivity contribution in [3.63, 3.8) is 0 Å². The Bertz CT molecular complexity index is 5290. The Morgan fingerprint density at radius 1 is 0.505 bits per heavy atom. The molecule has 25 heteroatoms. The number of amides is 5. The standard InChI is InChI=1S/C21H25N3O3S.C21H27N3O2S.C16H15N3OS.C13H12N2S.C9H17NO3/c1-11-7-8-14-15(22-11)9-10-16-17(14)18(13(3)28-16)24-19(25)12(2)23-20(26)27-21(4,5)6;1-12-7-8-15-16(23-12)9-10-17-18(15)19(14(3)27-17)22-11-13(2)24-20(25)26-21(4,5)6;1-8-3-4-10-11(18-8)5-6-12-13(10)14-15(21-12)16(20)19-9(2)7-17-14;1-7-3-4-9-10(15-7)5-6-11-12(9)13(14)8(2)16-11;1-6(7(2)11)10-8(12)13-9(3,4)5/h7-10,12H,1-6H3,(H,23,26)(H,24,25);7-10,13,22H,11H2,1-6H3,(H,24,25);3-6,9,17H,7H2,1-2H3,(H,19,20);3-6H,14H2,1-2H3;6H,1-5H3,(H,10,12)/t12-;13-;9-;;6-/m111.1/s1. The number of hydrogen-bond acceptors (Lipinski definition) is 20. The van der Waals surface area contributed by atoms with Crippen LogP contribution in [-0.2, 0) is 23.8 Å². The summed E-state index contributed by atoms with van der Waals surface area (Å²) in [6.45, 7) is 40.3. The smallest absolute Gasteiger partial charge is 0.408 e. The summed E-state index contributed by atoms with van der Waals surface area (Å²) in [5.41, 5.74) is 16.1. The van der Waals surface area contributed by atoms with E-state index < -0.39 is 47.2 Å². The second-order valence-corrected chi connectivity index (χ2v) is 34.1. The number of carbonyl (C=O) groups is 6. The molecule has 1 aliphatic rings. The summed E-state index contributed by atoms with van der Waals surface area (Å²) < 4.78 is 20.2. The van der Waals surface area contributed by atoms with Crippen molar-refractivity contribution in [2.45, 2.75) is 186 Å². The van der Waals surface area contributed by atoms with Crippen LogP contribution in [0.1, 0.15) is 144 Å². The number of ether oxygens (including phenoxy) is 3. The molecular weight excluding hydrogens is 1400 g/mol. The lowest BCUT2D eigenvalue weighted by atomic mass is 10.1. The van der Waals surface area contributed by atoms with E-state index in [9.17, 15) is 28.8 Å². The first-order valence-corrected chi connectivity index (χ1v) is 38.0. The van der Waals surface area contributed by atoms with Crippen LogP contribution in [0.2, 0.25) is 0 Å². The summed E-state index contributed by atoms with van der Waals surface area (Å²) in [7, 11) is 0. The van der Waals surface area contributed by atoms with E-state index in [1.165, 1.54) is 42.8 Å². The molecule has 0 aliphatic carbocycles. The number of rotatable bonds is 9. The van der Waals surface area contributed by atoms with Crippen molar-refractivity contribution >= 4 is 188 Å². The predicted molar refractivity (Wildman–Crippen MR) is 436 cm³/mol. The molecule has 0 bridgehead atoms. The molecule has 9 heterocycles. The number of nitrogens with zero attached hydrogens (tertiary/aromatic N) is 4. The molecule has 554 valence electrons. The number of anilines is 4. The number of aryl methyl sites for hydroxylation is 7. The SMILES string of the molecule is CC(=O)[C@@H](C)NC(=O)OC(C)(C)C.Cc1ccc2c(ccc3sc(C)c(N)c32)n1.Cc1ccc2c(ccc3sc(C)c(NC(=O)[C@@H](C)NC(=O)OC(C)(C)C)c32)n1.Cc1ccc2c(ccc3sc(C)c(NC[C@@H](C)NC(=O)OC(C)(C)C)c32)n1.Cc1ccc2c(ccc3sc4c(c32)NC[C@@H](C)NC4=O)n1. The zero-order chi connectivity index (χ0) is 76.9. The van der Waals surface area contributed by atoms with Gasteiger partial charge in [-0.05, 0) is 218 Å². The zero-order valence-electron chi connectivity index (χ0n) is 63.6. The molecule has 4 atom stereocenters. The van der Waals surface area contributed by atoms with Crippen LogP contribution in [0, 0.1) is 48.5 Å². The fourth-order valence-electron chi connectivity index (χ4n) is 11.5. The molecule has 5 amide bonds. The fraction of sp³-hybridized carbons (Fsp3) is 0.375. The zero-order valence-corrected chi connectivity index (χ0v) is 66.9. The number of nitrogen functional groups attached to an aromatic ring is 1. The van der Waals surface area contributed by atoms with Gasteiger partial charge in [0.25, 0.3) is 5.91 Å². The number of alkyl carbamates (subject to hydrolysis) is 3. The van der Waals surface area contributed by atoms with E-state index in [2.05, 4.69) is 120 Å². The lowest BCUT2D eigenvalue weighted by Gasteiger charge is -2.22. The number of nitrogens with one attached hydrogen (secondary N) is 7. The predicted octanol–water partition coefficient (Wildman–Crippen LogP) is 18.7. The first-order chi connectivity index (χ1) is 49.2. The topological polar surface area (TPSA) is 292 Å². The number of benzene rings is 4. The number of Topliss-reactive ketones (excluding diaryl/α,β-unsaturated/α-hetero) is 1. The van der Waals surface area contributed by atoms with Gasteiger partial charge in [-0.1, -0.05) is 24.3 Å². The summed E-state index contributed by atoms with van der Waals surface area (Å²) >= 11 is 6.67.